The lowest BCUT2D eigenvalue weighted by Crippen LogP contribution is -2.34. The standard InChI is InChI=1S/C20H28N6O3/c1-12(21-18(28)29-20(5,6)7)15-23-25-16(26-24-15)13-8-10-14(11-9-13)22-17(27)19(2,3)4/h8-12H,1-7H3,(H,21,28)(H,22,27). The molecule has 0 radical (unpaired) electrons. The summed E-state index contributed by atoms with van der Waals surface area (Å²) >= 11 is 0. The van der Waals surface area contributed by atoms with Crippen LogP contribution in [0.25, 0.3) is 11.4 Å². The van der Waals surface area contributed by atoms with Gasteiger partial charge in [0.15, 0.2) is 5.82 Å². The summed E-state index contributed by atoms with van der Waals surface area (Å²) in [6, 6.07) is 6.58. The van der Waals surface area contributed by atoms with Crippen LogP contribution in [0.1, 0.15) is 60.3 Å². The van der Waals surface area contributed by atoms with E-state index in [0.717, 1.165) is 0 Å². The summed E-state index contributed by atoms with van der Waals surface area (Å²) in [5.41, 5.74) is 0.318. The van der Waals surface area contributed by atoms with Crippen molar-refractivity contribution in [3.63, 3.8) is 0 Å². The molecule has 0 saturated heterocycles. The number of ether oxygens (including phenoxy) is 1. The highest BCUT2D eigenvalue weighted by Crippen LogP contribution is 2.20. The van der Waals surface area contributed by atoms with E-state index in [9.17, 15) is 9.59 Å². The van der Waals surface area contributed by atoms with E-state index in [1.807, 2.05) is 20.8 Å². The number of benzene rings is 1. The molecule has 156 valence electrons. The zero-order chi connectivity index (χ0) is 21.8. The largest absolute Gasteiger partial charge is 0.444 e. The summed E-state index contributed by atoms with van der Waals surface area (Å²) in [6.45, 7) is 12.6. The number of alkyl carbamates (subject to hydrolysis) is 1. The highest BCUT2D eigenvalue weighted by molar-refractivity contribution is 5.94. The molecule has 1 aromatic carbocycles. The Balaban J connectivity index is 2.02. The Kier molecular flexibility index (Phi) is 6.51. The molecule has 2 N–H and O–H groups in total. The van der Waals surface area contributed by atoms with Gasteiger partial charge in [0.25, 0.3) is 0 Å². The van der Waals surface area contributed by atoms with E-state index >= 15 is 0 Å². The SMILES string of the molecule is CC(NC(=O)OC(C)(C)C)c1nnc(-c2ccc(NC(=O)C(C)(C)C)cc2)nn1. The summed E-state index contributed by atoms with van der Waals surface area (Å²) in [5, 5.41) is 21.7. The smallest absolute Gasteiger partial charge is 0.408 e. The quantitative estimate of drug-likeness (QED) is 0.806. The van der Waals surface area contributed by atoms with E-state index in [0.29, 0.717) is 17.1 Å². The summed E-state index contributed by atoms with van der Waals surface area (Å²) < 4.78 is 5.21. The third-order valence-electron chi connectivity index (χ3n) is 3.70. The number of hydrogen-bond donors (Lipinski definition) is 2. The maximum absolute atomic E-state index is 12.0. The molecular weight excluding hydrogens is 372 g/mol. The van der Waals surface area contributed by atoms with Crippen molar-refractivity contribution in [1.82, 2.24) is 25.7 Å². The molecule has 1 aromatic heterocycles. The lowest BCUT2D eigenvalue weighted by molar-refractivity contribution is -0.123. The zero-order valence-electron chi connectivity index (χ0n) is 17.9. The number of rotatable bonds is 4. The summed E-state index contributed by atoms with van der Waals surface area (Å²) in [5.74, 6) is 0.543. The molecule has 1 unspecified atom stereocenters. The molecule has 0 aliphatic heterocycles. The van der Waals surface area contributed by atoms with Crippen LogP contribution in [-0.4, -0.2) is 38.0 Å². The molecule has 29 heavy (non-hydrogen) atoms. The first kappa shape index (κ1) is 22.2. The van der Waals surface area contributed by atoms with Crippen LogP contribution in [0.4, 0.5) is 10.5 Å². The molecule has 1 heterocycles. The van der Waals surface area contributed by atoms with Gasteiger partial charge in [0, 0.05) is 16.7 Å². The zero-order valence-corrected chi connectivity index (χ0v) is 17.9. The van der Waals surface area contributed by atoms with Gasteiger partial charge in [-0.3, -0.25) is 4.79 Å². The molecule has 0 fully saturated rings. The molecule has 1 atom stereocenters. The summed E-state index contributed by atoms with van der Waals surface area (Å²) in [4.78, 5) is 23.9. The molecule has 2 amide bonds. The van der Waals surface area contributed by atoms with Crippen molar-refractivity contribution in [2.24, 2.45) is 5.41 Å². The fraction of sp³-hybridized carbons (Fsp3) is 0.500. The van der Waals surface area contributed by atoms with Gasteiger partial charge in [-0.15, -0.1) is 20.4 Å². The minimum atomic E-state index is -0.594. The van der Waals surface area contributed by atoms with E-state index in [1.165, 1.54) is 0 Å². The third-order valence-corrected chi connectivity index (χ3v) is 3.70. The van der Waals surface area contributed by atoms with Crippen LogP contribution in [0.15, 0.2) is 24.3 Å². The van der Waals surface area contributed by atoms with Crippen molar-refractivity contribution in [3.8, 4) is 11.4 Å². The maximum Gasteiger partial charge on any atom is 0.408 e. The normalized spacial score (nSPS) is 12.8. The first-order valence-corrected chi connectivity index (χ1v) is 9.34. The minimum Gasteiger partial charge on any atom is -0.444 e. The van der Waals surface area contributed by atoms with Crippen molar-refractivity contribution in [3.05, 3.63) is 30.1 Å². The number of nitrogens with one attached hydrogen (secondary N) is 2. The minimum absolute atomic E-state index is 0.0688. The van der Waals surface area contributed by atoms with Gasteiger partial charge >= 0.3 is 6.09 Å². The van der Waals surface area contributed by atoms with Crippen molar-refractivity contribution in [2.75, 3.05) is 5.32 Å². The van der Waals surface area contributed by atoms with Gasteiger partial charge in [-0.25, -0.2) is 4.79 Å². The van der Waals surface area contributed by atoms with Crippen molar-refractivity contribution >= 4 is 17.7 Å². The van der Waals surface area contributed by atoms with Gasteiger partial charge in [-0.05, 0) is 52.0 Å². The van der Waals surface area contributed by atoms with E-state index in [4.69, 9.17) is 4.74 Å². The lowest BCUT2D eigenvalue weighted by Gasteiger charge is -2.21. The van der Waals surface area contributed by atoms with Crippen LogP contribution in [0.3, 0.4) is 0 Å². The molecule has 0 aliphatic carbocycles. The van der Waals surface area contributed by atoms with E-state index < -0.39 is 23.2 Å². The van der Waals surface area contributed by atoms with Gasteiger partial charge < -0.3 is 15.4 Å². The van der Waals surface area contributed by atoms with Crippen molar-refractivity contribution < 1.29 is 14.3 Å². The van der Waals surface area contributed by atoms with Gasteiger partial charge in [0.2, 0.25) is 11.7 Å². The van der Waals surface area contributed by atoms with Gasteiger partial charge in [0.1, 0.15) is 5.60 Å². The van der Waals surface area contributed by atoms with Crippen LogP contribution in [0.2, 0.25) is 0 Å². The number of amides is 2. The molecule has 9 heteroatoms. The Morgan fingerprint density at radius 3 is 1.97 bits per heavy atom. The monoisotopic (exact) mass is 400 g/mol. The second-order valence-corrected chi connectivity index (χ2v) is 8.73. The predicted molar refractivity (Wildman–Crippen MR) is 109 cm³/mol. The Hall–Kier alpha value is -3.10. The number of aromatic nitrogens is 4. The van der Waals surface area contributed by atoms with Gasteiger partial charge in [-0.1, -0.05) is 20.8 Å². The average molecular weight is 400 g/mol. The lowest BCUT2D eigenvalue weighted by atomic mass is 9.95. The van der Waals surface area contributed by atoms with E-state index in [-0.39, 0.29) is 11.7 Å². The van der Waals surface area contributed by atoms with Crippen molar-refractivity contribution in [2.45, 2.75) is 60.1 Å². The molecule has 0 saturated carbocycles. The first-order valence-electron chi connectivity index (χ1n) is 9.34. The van der Waals surface area contributed by atoms with E-state index in [2.05, 4.69) is 31.0 Å². The number of carbonyl (C=O) groups excluding carboxylic acids is 2. The van der Waals surface area contributed by atoms with Crippen LogP contribution in [-0.2, 0) is 9.53 Å². The number of nitrogens with zero attached hydrogens (tertiary/aromatic N) is 4. The fourth-order valence-corrected chi connectivity index (χ4v) is 2.10. The second kappa shape index (κ2) is 8.50. The predicted octanol–water partition coefficient (Wildman–Crippen LogP) is 3.50. The molecule has 2 aromatic rings. The summed E-state index contributed by atoms with van der Waals surface area (Å²) in [6.07, 6.45) is -0.564. The van der Waals surface area contributed by atoms with E-state index in [1.54, 1.807) is 52.0 Å². The molecule has 0 aliphatic rings. The fourth-order valence-electron chi connectivity index (χ4n) is 2.10. The Bertz CT molecular complexity index is 852. The van der Waals surface area contributed by atoms with Crippen LogP contribution in [0.5, 0.6) is 0 Å². The average Bonchev–Trinajstić information content (AvgIpc) is 2.60. The molecule has 0 spiro atoms. The Morgan fingerprint density at radius 2 is 1.48 bits per heavy atom. The number of carbonyl (C=O) groups is 2. The Labute approximate surface area is 170 Å². The molecule has 2 rings (SSSR count). The van der Waals surface area contributed by atoms with Crippen LogP contribution >= 0.6 is 0 Å². The third kappa shape index (κ3) is 6.78. The van der Waals surface area contributed by atoms with Crippen LogP contribution < -0.4 is 10.6 Å². The number of hydrogen-bond acceptors (Lipinski definition) is 7. The van der Waals surface area contributed by atoms with Crippen molar-refractivity contribution in [1.29, 1.82) is 0 Å². The second-order valence-electron chi connectivity index (χ2n) is 8.73. The molecule has 9 nitrogen and oxygen atoms in total. The molecular formula is C20H28N6O3. The Morgan fingerprint density at radius 1 is 0.931 bits per heavy atom. The van der Waals surface area contributed by atoms with Gasteiger partial charge in [-0.2, -0.15) is 0 Å². The number of anilines is 1. The van der Waals surface area contributed by atoms with Gasteiger partial charge in [0.05, 0.1) is 6.04 Å². The first-order chi connectivity index (χ1) is 13.3. The molecule has 0 bridgehead atoms. The summed E-state index contributed by atoms with van der Waals surface area (Å²) in [7, 11) is 0. The highest BCUT2D eigenvalue weighted by atomic mass is 16.6. The highest BCUT2D eigenvalue weighted by Gasteiger charge is 2.22. The topological polar surface area (TPSA) is 119 Å². The maximum atomic E-state index is 12.0. The van der Waals surface area contributed by atoms with Crippen LogP contribution in [0, 0.1) is 5.41 Å².